The molecule has 1 aromatic carbocycles. The quantitative estimate of drug-likeness (QED) is 0.673. The Balaban J connectivity index is 1.73. The molecule has 0 radical (unpaired) electrons. The monoisotopic (exact) mass is 348 g/mol. The maximum Gasteiger partial charge on any atom is 0.345 e. The minimum Gasteiger partial charge on any atom is -0.378 e. The van der Waals surface area contributed by atoms with Crippen molar-refractivity contribution >= 4 is 33.1 Å². The average molecular weight is 348 g/mol. The van der Waals surface area contributed by atoms with E-state index in [9.17, 15) is 14.9 Å². The van der Waals surface area contributed by atoms with Crippen molar-refractivity contribution in [3.63, 3.8) is 0 Å². The van der Waals surface area contributed by atoms with E-state index in [2.05, 4.69) is 15.2 Å². The second kappa shape index (κ2) is 6.93. The van der Waals surface area contributed by atoms with Gasteiger partial charge in [-0.05, 0) is 42.0 Å². The molecule has 3 rings (SSSR count). The number of aryl methyl sites for hydroxylation is 1. The lowest BCUT2D eigenvalue weighted by molar-refractivity contribution is -0.380. The van der Waals surface area contributed by atoms with Gasteiger partial charge in [-0.1, -0.05) is 0 Å². The van der Waals surface area contributed by atoms with Gasteiger partial charge in [0.05, 0.1) is 18.1 Å². The van der Waals surface area contributed by atoms with E-state index in [-0.39, 0.29) is 16.0 Å². The Morgan fingerprint density at radius 2 is 2.17 bits per heavy atom. The minimum absolute atomic E-state index is 0.107. The molecular formula is C15H16N4O4S. The van der Waals surface area contributed by atoms with E-state index in [1.807, 2.05) is 19.1 Å². The number of carbonyl (C=O) groups excluding carboxylic acids is 1. The summed E-state index contributed by atoms with van der Waals surface area (Å²) >= 11 is 0.831. The number of benzene rings is 1. The van der Waals surface area contributed by atoms with Gasteiger partial charge >= 0.3 is 5.00 Å². The minimum atomic E-state index is -0.532. The molecule has 1 aromatic heterocycles. The number of ether oxygens (including phenoxy) is 1. The Hall–Kier alpha value is -2.52. The molecule has 0 spiro atoms. The molecule has 2 aromatic rings. The summed E-state index contributed by atoms with van der Waals surface area (Å²) in [6, 6.07) is 5.62. The standard InChI is InChI=1S/C15H16N4O4S/c1-10-8-11(18-4-6-23-7-5-18)2-3-12(10)14(20)17-15-16-9-13(24-15)19(21)22/h2-3,8-9H,4-7H2,1H3,(H,16,17,20). The third-order valence-electron chi connectivity index (χ3n) is 3.72. The maximum absolute atomic E-state index is 12.4. The highest BCUT2D eigenvalue weighted by molar-refractivity contribution is 7.18. The first-order chi connectivity index (χ1) is 11.5. The predicted molar refractivity (Wildman–Crippen MR) is 90.9 cm³/mol. The molecule has 1 fully saturated rings. The zero-order chi connectivity index (χ0) is 17.1. The van der Waals surface area contributed by atoms with Crippen LogP contribution in [0.5, 0.6) is 0 Å². The second-order valence-corrected chi connectivity index (χ2v) is 6.32. The summed E-state index contributed by atoms with van der Waals surface area (Å²) in [5.41, 5.74) is 2.41. The van der Waals surface area contributed by atoms with Crippen LogP contribution in [0.3, 0.4) is 0 Å². The van der Waals surface area contributed by atoms with Gasteiger partial charge in [-0.15, -0.1) is 0 Å². The highest BCUT2D eigenvalue weighted by Crippen LogP contribution is 2.26. The summed E-state index contributed by atoms with van der Waals surface area (Å²) in [5.74, 6) is -0.328. The van der Waals surface area contributed by atoms with Crippen LogP contribution in [0.15, 0.2) is 24.4 Å². The summed E-state index contributed by atoms with van der Waals surface area (Å²) in [6.45, 7) is 4.92. The topological polar surface area (TPSA) is 97.6 Å². The number of amides is 1. The van der Waals surface area contributed by atoms with E-state index < -0.39 is 4.92 Å². The van der Waals surface area contributed by atoms with Gasteiger partial charge < -0.3 is 9.64 Å². The molecule has 0 aliphatic carbocycles. The molecule has 0 bridgehead atoms. The van der Waals surface area contributed by atoms with Crippen molar-refractivity contribution in [3.05, 3.63) is 45.6 Å². The fourth-order valence-electron chi connectivity index (χ4n) is 2.49. The number of morpholine rings is 1. The maximum atomic E-state index is 12.4. The average Bonchev–Trinajstić information content (AvgIpc) is 3.04. The summed E-state index contributed by atoms with van der Waals surface area (Å²) in [7, 11) is 0. The van der Waals surface area contributed by atoms with Crippen LogP contribution in [-0.4, -0.2) is 42.1 Å². The van der Waals surface area contributed by atoms with Gasteiger partial charge in [-0.25, -0.2) is 4.98 Å². The lowest BCUT2D eigenvalue weighted by Gasteiger charge is -2.29. The van der Waals surface area contributed by atoms with Crippen LogP contribution in [0.4, 0.5) is 15.8 Å². The first kappa shape index (κ1) is 16.3. The normalized spacial score (nSPS) is 14.5. The number of nitrogens with zero attached hydrogens (tertiary/aromatic N) is 3. The van der Waals surface area contributed by atoms with Gasteiger partial charge in [-0.3, -0.25) is 20.2 Å². The highest BCUT2D eigenvalue weighted by atomic mass is 32.1. The number of hydrogen-bond acceptors (Lipinski definition) is 7. The smallest absolute Gasteiger partial charge is 0.345 e. The summed E-state index contributed by atoms with van der Waals surface area (Å²) in [5, 5.41) is 13.4. The molecule has 8 nitrogen and oxygen atoms in total. The van der Waals surface area contributed by atoms with Gasteiger partial charge in [0.1, 0.15) is 6.20 Å². The van der Waals surface area contributed by atoms with Gasteiger partial charge in [0.15, 0.2) is 5.13 Å². The lowest BCUT2D eigenvalue weighted by atomic mass is 10.1. The number of aromatic nitrogens is 1. The van der Waals surface area contributed by atoms with Crippen molar-refractivity contribution < 1.29 is 14.5 Å². The first-order valence-electron chi connectivity index (χ1n) is 7.39. The number of nitro groups is 1. The van der Waals surface area contributed by atoms with E-state index in [0.717, 1.165) is 41.9 Å². The fourth-order valence-corrected chi connectivity index (χ4v) is 3.12. The third kappa shape index (κ3) is 3.52. The molecule has 0 atom stereocenters. The third-order valence-corrected chi connectivity index (χ3v) is 4.59. The molecule has 2 heterocycles. The van der Waals surface area contributed by atoms with Crippen LogP contribution in [0, 0.1) is 17.0 Å². The van der Waals surface area contributed by atoms with E-state index in [4.69, 9.17) is 4.74 Å². The Labute approximate surface area is 142 Å². The van der Waals surface area contributed by atoms with E-state index in [1.165, 1.54) is 0 Å². The molecule has 1 aliphatic heterocycles. The summed E-state index contributed by atoms with van der Waals surface area (Å²) in [6.07, 6.45) is 1.13. The van der Waals surface area contributed by atoms with Crippen molar-refractivity contribution in [2.24, 2.45) is 0 Å². The van der Waals surface area contributed by atoms with Crippen LogP contribution in [0.1, 0.15) is 15.9 Å². The van der Waals surface area contributed by atoms with Crippen molar-refractivity contribution in [1.29, 1.82) is 0 Å². The van der Waals surface area contributed by atoms with Crippen LogP contribution >= 0.6 is 11.3 Å². The van der Waals surface area contributed by atoms with Crippen LogP contribution in [0.2, 0.25) is 0 Å². The summed E-state index contributed by atoms with van der Waals surface area (Å²) < 4.78 is 5.34. The fraction of sp³-hybridized carbons (Fsp3) is 0.333. The molecule has 1 saturated heterocycles. The Kier molecular flexibility index (Phi) is 4.72. The molecule has 1 aliphatic rings. The van der Waals surface area contributed by atoms with E-state index in [0.29, 0.717) is 18.8 Å². The number of anilines is 2. The van der Waals surface area contributed by atoms with Crippen LogP contribution in [0.25, 0.3) is 0 Å². The van der Waals surface area contributed by atoms with Gasteiger partial charge in [-0.2, -0.15) is 0 Å². The molecule has 24 heavy (non-hydrogen) atoms. The molecule has 0 unspecified atom stereocenters. The van der Waals surface area contributed by atoms with E-state index >= 15 is 0 Å². The van der Waals surface area contributed by atoms with Gasteiger partial charge in [0.25, 0.3) is 5.91 Å². The lowest BCUT2D eigenvalue weighted by Crippen LogP contribution is -2.36. The number of carbonyl (C=O) groups is 1. The van der Waals surface area contributed by atoms with Crippen LogP contribution < -0.4 is 10.2 Å². The molecule has 126 valence electrons. The molecule has 1 amide bonds. The molecular weight excluding hydrogens is 332 g/mol. The van der Waals surface area contributed by atoms with E-state index in [1.54, 1.807) is 6.07 Å². The first-order valence-corrected chi connectivity index (χ1v) is 8.21. The second-order valence-electron chi connectivity index (χ2n) is 5.31. The summed E-state index contributed by atoms with van der Waals surface area (Å²) in [4.78, 5) is 28.5. The van der Waals surface area contributed by atoms with Crippen molar-refractivity contribution in [1.82, 2.24) is 4.98 Å². The van der Waals surface area contributed by atoms with Gasteiger partial charge in [0, 0.05) is 24.3 Å². The Morgan fingerprint density at radius 1 is 1.42 bits per heavy atom. The SMILES string of the molecule is Cc1cc(N2CCOCC2)ccc1C(=O)Nc1ncc([N+](=O)[O-])s1. The Bertz CT molecular complexity index is 771. The van der Waals surface area contributed by atoms with Gasteiger partial charge in [0.2, 0.25) is 0 Å². The highest BCUT2D eigenvalue weighted by Gasteiger charge is 2.17. The van der Waals surface area contributed by atoms with Crippen LogP contribution in [-0.2, 0) is 4.74 Å². The molecule has 9 heteroatoms. The van der Waals surface area contributed by atoms with Crippen molar-refractivity contribution in [2.45, 2.75) is 6.92 Å². The number of rotatable bonds is 4. The number of nitrogens with one attached hydrogen (secondary N) is 1. The number of thiazole rings is 1. The largest absolute Gasteiger partial charge is 0.378 e. The Morgan fingerprint density at radius 3 is 2.79 bits per heavy atom. The molecule has 1 N–H and O–H groups in total. The zero-order valence-corrected chi connectivity index (χ0v) is 13.8. The zero-order valence-electron chi connectivity index (χ0n) is 13.0. The number of hydrogen-bond donors (Lipinski definition) is 1. The van der Waals surface area contributed by atoms with Crippen molar-refractivity contribution in [2.75, 3.05) is 36.5 Å². The molecule has 0 saturated carbocycles. The predicted octanol–water partition coefficient (Wildman–Crippen LogP) is 2.45. The van der Waals surface area contributed by atoms with Crippen molar-refractivity contribution in [3.8, 4) is 0 Å².